The fourth-order valence-electron chi connectivity index (χ4n) is 5.33. The van der Waals surface area contributed by atoms with E-state index in [4.69, 9.17) is 11.6 Å². The molecule has 0 radical (unpaired) electrons. The van der Waals surface area contributed by atoms with Gasteiger partial charge >= 0.3 is 6.18 Å². The van der Waals surface area contributed by atoms with Gasteiger partial charge in [-0.2, -0.15) is 13.2 Å². The molecular formula is C32H34ClF4N3O4S. The number of halogens is 5. The van der Waals surface area contributed by atoms with Gasteiger partial charge in [0.2, 0.25) is 11.8 Å². The van der Waals surface area contributed by atoms with Gasteiger partial charge in [0.15, 0.2) is 0 Å². The zero-order valence-electron chi connectivity index (χ0n) is 24.8. The minimum atomic E-state index is -4.91. The minimum Gasteiger partial charge on any atom is -0.352 e. The van der Waals surface area contributed by atoms with E-state index in [2.05, 4.69) is 5.32 Å². The Kier molecular flexibility index (Phi) is 10.8. The molecule has 1 N–H and O–H groups in total. The van der Waals surface area contributed by atoms with Gasteiger partial charge in [-0.1, -0.05) is 61.2 Å². The lowest BCUT2D eigenvalue weighted by Crippen LogP contribution is -2.53. The average molecular weight is 668 g/mol. The maximum Gasteiger partial charge on any atom is 0.417 e. The number of aryl methyl sites for hydroxylation is 1. The fraction of sp³-hybridized carbons (Fsp3) is 0.375. The van der Waals surface area contributed by atoms with Crippen LogP contribution in [0.15, 0.2) is 71.6 Å². The molecule has 13 heteroatoms. The first-order valence-corrected chi connectivity index (χ1v) is 16.3. The van der Waals surface area contributed by atoms with Crippen LogP contribution in [-0.2, 0) is 32.3 Å². The second kappa shape index (κ2) is 14.2. The summed E-state index contributed by atoms with van der Waals surface area (Å²) in [5, 5.41) is 2.33. The molecule has 1 aliphatic rings. The van der Waals surface area contributed by atoms with E-state index in [1.807, 2.05) is 0 Å². The smallest absolute Gasteiger partial charge is 0.352 e. The van der Waals surface area contributed by atoms with Crippen LogP contribution in [0.3, 0.4) is 0 Å². The van der Waals surface area contributed by atoms with Gasteiger partial charge < -0.3 is 10.2 Å². The molecule has 242 valence electrons. The van der Waals surface area contributed by atoms with Crippen molar-refractivity contribution in [1.29, 1.82) is 0 Å². The number of carbonyl (C=O) groups is 2. The molecule has 1 atom stereocenters. The van der Waals surface area contributed by atoms with Gasteiger partial charge in [0.25, 0.3) is 10.0 Å². The molecule has 3 aromatic carbocycles. The van der Waals surface area contributed by atoms with Crippen molar-refractivity contribution >= 4 is 39.1 Å². The summed E-state index contributed by atoms with van der Waals surface area (Å²) in [5.74, 6) is -1.79. The summed E-state index contributed by atoms with van der Waals surface area (Å²) in [4.78, 5) is 28.6. The van der Waals surface area contributed by atoms with E-state index < -0.39 is 62.7 Å². The number of carbonyl (C=O) groups excluding carboxylic acids is 2. The third-order valence-electron chi connectivity index (χ3n) is 7.78. The highest BCUT2D eigenvalue weighted by Crippen LogP contribution is 2.38. The van der Waals surface area contributed by atoms with Crippen molar-refractivity contribution in [2.45, 2.75) is 75.7 Å². The SMILES string of the molecule is CCC(C(=O)NC1CCCC1)N(Cc1ccc(F)cc1)C(=O)CN(c1ccc(Cl)c(C(F)(F)F)c1)S(=O)(=O)c1ccc(C)cc1. The number of alkyl halides is 3. The van der Waals surface area contributed by atoms with Crippen LogP contribution in [0.2, 0.25) is 5.02 Å². The third kappa shape index (κ3) is 8.35. The van der Waals surface area contributed by atoms with Crippen molar-refractivity contribution in [3.63, 3.8) is 0 Å². The Morgan fingerprint density at radius 2 is 1.62 bits per heavy atom. The number of benzene rings is 3. The number of nitrogens with zero attached hydrogens (tertiary/aromatic N) is 2. The first-order chi connectivity index (χ1) is 21.2. The monoisotopic (exact) mass is 667 g/mol. The number of amides is 2. The normalized spacial score (nSPS) is 14.6. The van der Waals surface area contributed by atoms with Gasteiger partial charge in [-0.3, -0.25) is 13.9 Å². The predicted octanol–water partition coefficient (Wildman–Crippen LogP) is 6.87. The molecule has 0 bridgehead atoms. The first-order valence-electron chi connectivity index (χ1n) is 14.5. The molecule has 1 fully saturated rings. The van der Waals surface area contributed by atoms with Gasteiger partial charge in [-0.25, -0.2) is 12.8 Å². The Labute approximate surface area is 265 Å². The average Bonchev–Trinajstić information content (AvgIpc) is 3.49. The number of hydrogen-bond donors (Lipinski definition) is 1. The van der Waals surface area contributed by atoms with Crippen molar-refractivity contribution < 1.29 is 35.6 Å². The highest BCUT2D eigenvalue weighted by atomic mass is 35.5. The van der Waals surface area contributed by atoms with Gasteiger partial charge in [-0.05, 0) is 74.2 Å². The Bertz CT molecular complexity index is 1610. The number of anilines is 1. The highest BCUT2D eigenvalue weighted by molar-refractivity contribution is 7.92. The Balaban J connectivity index is 1.78. The molecular weight excluding hydrogens is 634 g/mol. The summed E-state index contributed by atoms with van der Waals surface area (Å²) in [6, 6.07) is 12.4. The summed E-state index contributed by atoms with van der Waals surface area (Å²) in [5.41, 5.74) is -0.503. The van der Waals surface area contributed by atoms with E-state index in [1.165, 1.54) is 53.4 Å². The van der Waals surface area contributed by atoms with Gasteiger partial charge in [0, 0.05) is 12.6 Å². The molecule has 4 rings (SSSR count). The number of nitrogens with one attached hydrogen (secondary N) is 1. The van der Waals surface area contributed by atoms with Crippen LogP contribution >= 0.6 is 11.6 Å². The molecule has 1 saturated carbocycles. The second-order valence-corrected chi connectivity index (χ2v) is 13.3. The van der Waals surface area contributed by atoms with Crippen LogP contribution in [-0.4, -0.2) is 43.8 Å². The second-order valence-electron chi connectivity index (χ2n) is 11.0. The molecule has 7 nitrogen and oxygen atoms in total. The van der Waals surface area contributed by atoms with Gasteiger partial charge in [0.1, 0.15) is 18.4 Å². The zero-order chi connectivity index (χ0) is 32.9. The standard InChI is InChI=1S/C32H34ClF4N3O4S/c1-3-29(31(42)38-24-6-4-5-7-24)39(19-22-10-12-23(34)13-11-22)30(41)20-40(45(43,44)26-15-8-21(2)9-16-26)25-14-17-28(33)27(18-25)32(35,36)37/h8-18,24,29H,3-7,19-20H2,1-2H3,(H,38,42). The number of rotatable bonds is 11. The molecule has 1 aliphatic carbocycles. The first kappa shape index (κ1) is 34.2. The van der Waals surface area contributed by atoms with E-state index in [9.17, 15) is 35.6 Å². The van der Waals surface area contributed by atoms with E-state index in [0.717, 1.165) is 43.4 Å². The van der Waals surface area contributed by atoms with Crippen LogP contribution in [0, 0.1) is 12.7 Å². The van der Waals surface area contributed by atoms with E-state index in [0.29, 0.717) is 15.9 Å². The van der Waals surface area contributed by atoms with Crippen LogP contribution in [0.5, 0.6) is 0 Å². The third-order valence-corrected chi connectivity index (χ3v) is 9.90. The van der Waals surface area contributed by atoms with Crippen LogP contribution in [0.4, 0.5) is 23.2 Å². The van der Waals surface area contributed by atoms with Crippen molar-refractivity contribution in [1.82, 2.24) is 10.2 Å². The molecule has 3 aromatic rings. The number of hydrogen-bond acceptors (Lipinski definition) is 4. The van der Waals surface area contributed by atoms with E-state index in [1.54, 1.807) is 13.8 Å². The number of sulfonamides is 1. The van der Waals surface area contributed by atoms with Gasteiger partial charge in [-0.15, -0.1) is 0 Å². The van der Waals surface area contributed by atoms with E-state index >= 15 is 0 Å². The van der Waals surface area contributed by atoms with Crippen molar-refractivity contribution in [2.75, 3.05) is 10.8 Å². The quantitative estimate of drug-likeness (QED) is 0.226. The van der Waals surface area contributed by atoms with E-state index in [-0.39, 0.29) is 23.9 Å². The lowest BCUT2D eigenvalue weighted by atomic mass is 10.1. The lowest BCUT2D eigenvalue weighted by Gasteiger charge is -2.34. The highest BCUT2D eigenvalue weighted by Gasteiger charge is 2.37. The molecule has 0 heterocycles. The van der Waals surface area contributed by atoms with Crippen LogP contribution < -0.4 is 9.62 Å². The lowest BCUT2D eigenvalue weighted by molar-refractivity contribution is -0.140. The molecule has 45 heavy (non-hydrogen) atoms. The molecule has 0 spiro atoms. The molecule has 0 aliphatic heterocycles. The summed E-state index contributed by atoms with van der Waals surface area (Å²) in [6.07, 6.45) is -1.27. The molecule has 1 unspecified atom stereocenters. The minimum absolute atomic E-state index is 0.0670. The maximum absolute atomic E-state index is 14.1. The van der Waals surface area contributed by atoms with Crippen LogP contribution in [0.25, 0.3) is 0 Å². The van der Waals surface area contributed by atoms with Crippen LogP contribution in [0.1, 0.15) is 55.7 Å². The predicted molar refractivity (Wildman–Crippen MR) is 164 cm³/mol. The molecule has 0 saturated heterocycles. The summed E-state index contributed by atoms with van der Waals surface area (Å²) in [7, 11) is -4.60. The zero-order valence-corrected chi connectivity index (χ0v) is 26.4. The Morgan fingerprint density at radius 1 is 1.00 bits per heavy atom. The molecule has 0 aromatic heterocycles. The summed E-state index contributed by atoms with van der Waals surface area (Å²) in [6.45, 7) is 2.33. The Morgan fingerprint density at radius 3 is 2.20 bits per heavy atom. The van der Waals surface area contributed by atoms with Crippen molar-refractivity contribution in [3.05, 3.63) is 94.3 Å². The topological polar surface area (TPSA) is 86.8 Å². The maximum atomic E-state index is 14.1. The van der Waals surface area contributed by atoms with Crippen molar-refractivity contribution in [3.8, 4) is 0 Å². The summed E-state index contributed by atoms with van der Waals surface area (Å²) >= 11 is 5.82. The van der Waals surface area contributed by atoms with Gasteiger partial charge in [0.05, 0.1) is 21.2 Å². The summed E-state index contributed by atoms with van der Waals surface area (Å²) < 4.78 is 83.7. The largest absolute Gasteiger partial charge is 0.417 e. The fourth-order valence-corrected chi connectivity index (χ4v) is 6.96. The Hall–Kier alpha value is -3.64. The van der Waals surface area contributed by atoms with Crippen molar-refractivity contribution in [2.24, 2.45) is 0 Å². The molecule has 2 amide bonds.